The van der Waals surface area contributed by atoms with Gasteiger partial charge in [-0.1, -0.05) is 12.1 Å². The molecule has 0 unspecified atom stereocenters. The molecule has 0 aromatic heterocycles. The molecule has 0 aliphatic heterocycles. The number of phenolic OH excluding ortho intramolecular Hbond substituents is 3. The molecule has 0 heterocycles. The van der Waals surface area contributed by atoms with Crippen molar-refractivity contribution < 1.29 is 29.6 Å². The summed E-state index contributed by atoms with van der Waals surface area (Å²) in [5.41, 5.74) is 6.60. The normalized spacial score (nSPS) is 11.3. The van der Waals surface area contributed by atoms with Crippen LogP contribution in [0, 0.1) is 0 Å². The van der Waals surface area contributed by atoms with Gasteiger partial charge in [-0.2, -0.15) is 0 Å². The lowest BCUT2D eigenvalue weighted by Gasteiger charge is -2.18. The van der Waals surface area contributed by atoms with Gasteiger partial charge in [0.15, 0.2) is 23.0 Å². The third-order valence-electron chi connectivity index (χ3n) is 5.11. The Morgan fingerprint density at radius 1 is 0.886 bits per heavy atom. The van der Waals surface area contributed by atoms with Crippen molar-refractivity contribution in [1.82, 2.24) is 10.2 Å². The summed E-state index contributed by atoms with van der Waals surface area (Å²) < 4.78 is 5.08. The molecular weight excluding hydrogens is 450 g/mol. The highest BCUT2D eigenvalue weighted by molar-refractivity contribution is 6.07. The second kappa shape index (κ2) is 14.4. The number of nitrogens with one attached hydrogen (secondary N) is 1. The van der Waals surface area contributed by atoms with Crippen molar-refractivity contribution in [2.24, 2.45) is 5.73 Å². The molecule has 2 rings (SSSR count). The summed E-state index contributed by atoms with van der Waals surface area (Å²) in [5.74, 6) is -1.31. The summed E-state index contributed by atoms with van der Waals surface area (Å²) in [6, 6.07) is 8.83. The van der Waals surface area contributed by atoms with Crippen molar-refractivity contribution >= 4 is 24.0 Å². The maximum atomic E-state index is 12.9. The molecule has 0 saturated carbocycles. The molecule has 0 aliphatic rings. The summed E-state index contributed by atoms with van der Waals surface area (Å²) >= 11 is 0. The Hall–Kier alpha value is -3.82. The highest BCUT2D eigenvalue weighted by Crippen LogP contribution is 2.27. The number of hydrogen-bond acceptors (Lipinski definition) is 8. The Morgan fingerprint density at radius 3 is 2.09 bits per heavy atom. The number of ether oxygens (including phenoxy) is 1. The molecule has 0 atom stereocenters. The maximum absolute atomic E-state index is 12.9. The average molecular weight is 484 g/mol. The minimum atomic E-state index is -0.508. The first-order chi connectivity index (χ1) is 16.8. The van der Waals surface area contributed by atoms with Gasteiger partial charge in [0.1, 0.15) is 0 Å². The molecule has 0 aliphatic carbocycles. The zero-order chi connectivity index (χ0) is 25.6. The second-order valence-electron chi connectivity index (χ2n) is 7.77. The number of amides is 2. The van der Waals surface area contributed by atoms with E-state index in [-0.39, 0.29) is 29.5 Å². The average Bonchev–Trinajstić information content (AvgIpc) is 2.85. The summed E-state index contributed by atoms with van der Waals surface area (Å²) in [4.78, 5) is 26.9. The Bertz CT molecular complexity index is 1050. The number of unbranched alkanes of at least 4 members (excludes halogenated alkanes) is 1. The van der Waals surface area contributed by atoms with Crippen LogP contribution in [-0.4, -0.2) is 65.3 Å². The van der Waals surface area contributed by atoms with E-state index >= 15 is 0 Å². The van der Waals surface area contributed by atoms with Gasteiger partial charge in [-0.05, 0) is 86.4 Å². The van der Waals surface area contributed by atoms with E-state index in [1.165, 1.54) is 49.6 Å². The first-order valence-corrected chi connectivity index (χ1v) is 11.4. The highest BCUT2D eigenvalue weighted by Gasteiger charge is 2.17. The van der Waals surface area contributed by atoms with E-state index in [4.69, 9.17) is 10.5 Å². The lowest BCUT2D eigenvalue weighted by molar-refractivity contribution is -0.138. The number of carbonyl (C=O) groups excluding carboxylic acids is 2. The van der Waals surface area contributed by atoms with E-state index < -0.39 is 11.8 Å². The number of nitrogens with two attached hydrogens (primary N) is 1. The molecule has 2 aromatic carbocycles. The molecule has 2 amide bonds. The highest BCUT2D eigenvalue weighted by atomic mass is 16.5. The molecular formula is C26H33N3O6. The second-order valence-corrected chi connectivity index (χ2v) is 7.77. The number of aromatic hydroxyl groups is 3. The van der Waals surface area contributed by atoms with Crippen LogP contribution in [0.15, 0.2) is 48.6 Å². The van der Waals surface area contributed by atoms with Crippen LogP contribution in [0.4, 0.5) is 0 Å². The lowest BCUT2D eigenvalue weighted by Crippen LogP contribution is -2.35. The van der Waals surface area contributed by atoms with Crippen molar-refractivity contribution in [3.8, 4) is 23.0 Å². The van der Waals surface area contributed by atoms with Gasteiger partial charge in [0.25, 0.3) is 11.8 Å². The number of benzene rings is 2. The van der Waals surface area contributed by atoms with Crippen LogP contribution in [0.25, 0.3) is 12.2 Å². The van der Waals surface area contributed by atoms with Gasteiger partial charge in [-0.15, -0.1) is 0 Å². The lowest BCUT2D eigenvalue weighted by atomic mass is 10.1. The Morgan fingerprint density at radius 2 is 1.49 bits per heavy atom. The number of phenols is 3. The van der Waals surface area contributed by atoms with Gasteiger partial charge in [0, 0.05) is 18.7 Å². The number of carbonyl (C=O) groups is 2. The first kappa shape index (κ1) is 27.4. The molecule has 0 radical (unpaired) electrons. The molecule has 6 N–H and O–H groups in total. The summed E-state index contributed by atoms with van der Waals surface area (Å²) in [7, 11) is 1.43. The molecule has 0 saturated heterocycles. The van der Waals surface area contributed by atoms with Gasteiger partial charge < -0.3 is 31.1 Å². The summed E-state index contributed by atoms with van der Waals surface area (Å²) in [5, 5.41) is 32.1. The van der Waals surface area contributed by atoms with Crippen LogP contribution in [0.5, 0.6) is 23.0 Å². The minimum absolute atomic E-state index is 0.0155. The zero-order valence-electron chi connectivity index (χ0n) is 19.8. The topological polar surface area (TPSA) is 145 Å². The van der Waals surface area contributed by atoms with Crippen LogP contribution in [0.2, 0.25) is 0 Å². The summed E-state index contributed by atoms with van der Waals surface area (Å²) in [6.45, 7) is 2.42. The van der Waals surface area contributed by atoms with Crippen molar-refractivity contribution in [3.05, 3.63) is 59.7 Å². The molecule has 9 heteroatoms. The van der Waals surface area contributed by atoms with Gasteiger partial charge >= 0.3 is 0 Å². The molecule has 0 spiro atoms. The van der Waals surface area contributed by atoms with Gasteiger partial charge in [0.2, 0.25) is 0 Å². The van der Waals surface area contributed by atoms with Crippen molar-refractivity contribution in [2.75, 3.05) is 33.3 Å². The third-order valence-corrected chi connectivity index (χ3v) is 5.11. The van der Waals surface area contributed by atoms with Gasteiger partial charge in [-0.25, -0.2) is 0 Å². The fraction of sp³-hybridized carbons (Fsp3) is 0.308. The largest absolute Gasteiger partial charge is 0.504 e. The van der Waals surface area contributed by atoms with E-state index in [9.17, 15) is 24.9 Å². The first-order valence-electron chi connectivity index (χ1n) is 11.4. The molecule has 9 nitrogen and oxygen atoms in total. The van der Waals surface area contributed by atoms with Gasteiger partial charge in [0.05, 0.1) is 7.11 Å². The predicted molar refractivity (Wildman–Crippen MR) is 135 cm³/mol. The van der Waals surface area contributed by atoms with E-state index in [0.717, 1.165) is 30.8 Å². The monoisotopic (exact) mass is 483 g/mol. The molecule has 35 heavy (non-hydrogen) atoms. The molecule has 0 fully saturated rings. The number of imide groups is 1. The fourth-order valence-electron chi connectivity index (χ4n) is 3.16. The predicted octanol–water partition coefficient (Wildman–Crippen LogP) is 2.61. The number of rotatable bonds is 13. The maximum Gasteiger partial charge on any atom is 0.253 e. The Labute approximate surface area is 205 Å². The Balaban J connectivity index is 2.10. The molecule has 2 aromatic rings. The zero-order valence-corrected chi connectivity index (χ0v) is 19.8. The fourth-order valence-corrected chi connectivity index (χ4v) is 3.16. The number of hydrogen-bond donors (Lipinski definition) is 5. The third kappa shape index (κ3) is 9.15. The van der Waals surface area contributed by atoms with Crippen molar-refractivity contribution in [1.29, 1.82) is 0 Å². The van der Waals surface area contributed by atoms with E-state index in [2.05, 4.69) is 5.32 Å². The van der Waals surface area contributed by atoms with Crippen molar-refractivity contribution in [2.45, 2.75) is 19.3 Å². The number of nitrogens with zero attached hydrogens (tertiary/aromatic N) is 1. The van der Waals surface area contributed by atoms with Crippen LogP contribution in [0.3, 0.4) is 0 Å². The minimum Gasteiger partial charge on any atom is -0.504 e. The van der Waals surface area contributed by atoms with Crippen LogP contribution < -0.4 is 15.8 Å². The van der Waals surface area contributed by atoms with Crippen LogP contribution in [0.1, 0.15) is 30.4 Å². The van der Waals surface area contributed by atoms with E-state index in [0.29, 0.717) is 24.1 Å². The SMILES string of the molecule is COc1cc(/C=C/C(=O)N(CCCCNCCCN)C(=O)/C=C/c2ccc(O)c(O)c2)ccc1O. The van der Waals surface area contributed by atoms with Crippen LogP contribution >= 0.6 is 0 Å². The van der Waals surface area contributed by atoms with Gasteiger partial charge in [-0.3, -0.25) is 14.5 Å². The molecule has 188 valence electrons. The molecule has 0 bridgehead atoms. The number of methoxy groups -OCH3 is 1. The quantitative estimate of drug-likeness (QED) is 0.166. The smallest absolute Gasteiger partial charge is 0.253 e. The summed E-state index contributed by atoms with van der Waals surface area (Å²) in [6.07, 6.45) is 7.82. The van der Waals surface area contributed by atoms with Crippen molar-refractivity contribution in [3.63, 3.8) is 0 Å². The van der Waals surface area contributed by atoms with E-state index in [1.54, 1.807) is 18.2 Å². The van der Waals surface area contributed by atoms with Crippen LogP contribution in [-0.2, 0) is 9.59 Å². The Kier molecular flexibility index (Phi) is 11.3. The standard InChI is InChI=1S/C26H33N3O6/c1-35-24-18-20(6-10-22(24)31)8-12-26(34)29(16-3-2-14-28-15-4-13-27)25(33)11-7-19-5-9-21(30)23(32)17-19/h5-12,17-18,28,30-32H,2-4,13-16,27H2,1H3/b11-7+,12-8+. The van der Waals surface area contributed by atoms with E-state index in [1.807, 2.05) is 0 Å².